The molecule has 2 rings (SSSR count). The molecule has 1 fully saturated rings. The van der Waals surface area contributed by atoms with Gasteiger partial charge in [0.1, 0.15) is 5.75 Å². The minimum absolute atomic E-state index is 0.0107. The summed E-state index contributed by atoms with van der Waals surface area (Å²) in [5, 5.41) is 0. The standard InChI is InChI=1S/C17H29N3O/c1-4-20(5-2)14-10-11-19(12-14)13-16(18)15-8-6-7-9-17(15)21-3/h6-9,14,16H,4-5,10-13,18H2,1-3H3. The van der Waals surface area contributed by atoms with Crippen molar-refractivity contribution in [2.75, 3.05) is 39.8 Å². The normalized spacial score (nSPS) is 20.9. The van der Waals surface area contributed by atoms with E-state index in [1.807, 2.05) is 18.2 Å². The van der Waals surface area contributed by atoms with Crippen molar-refractivity contribution in [3.05, 3.63) is 29.8 Å². The fourth-order valence-corrected chi connectivity index (χ4v) is 3.37. The number of likely N-dealkylation sites (tertiary alicyclic amines) is 1. The van der Waals surface area contributed by atoms with Crippen molar-refractivity contribution < 1.29 is 4.74 Å². The Kier molecular flexibility index (Phi) is 6.03. The zero-order valence-electron chi connectivity index (χ0n) is 13.6. The van der Waals surface area contributed by atoms with Crippen LogP contribution in [0.4, 0.5) is 0 Å². The predicted octanol–water partition coefficient (Wildman–Crippen LogP) is 2.11. The van der Waals surface area contributed by atoms with Crippen molar-refractivity contribution in [2.24, 2.45) is 5.73 Å². The molecule has 1 saturated heterocycles. The number of para-hydroxylation sites is 1. The molecule has 0 spiro atoms. The molecule has 4 heteroatoms. The number of rotatable bonds is 7. The minimum Gasteiger partial charge on any atom is -0.496 e. The molecular formula is C17H29N3O. The van der Waals surface area contributed by atoms with Crippen LogP contribution >= 0.6 is 0 Å². The van der Waals surface area contributed by atoms with E-state index < -0.39 is 0 Å². The number of benzene rings is 1. The summed E-state index contributed by atoms with van der Waals surface area (Å²) in [6.45, 7) is 9.92. The summed E-state index contributed by atoms with van der Waals surface area (Å²) in [7, 11) is 1.71. The van der Waals surface area contributed by atoms with Gasteiger partial charge in [0, 0.05) is 30.7 Å². The number of nitrogens with zero attached hydrogens (tertiary/aromatic N) is 2. The third-order valence-electron chi connectivity index (χ3n) is 4.57. The van der Waals surface area contributed by atoms with Gasteiger partial charge in [0.05, 0.1) is 7.11 Å². The van der Waals surface area contributed by atoms with Crippen molar-refractivity contribution in [1.82, 2.24) is 9.80 Å². The van der Waals surface area contributed by atoms with Gasteiger partial charge in [-0.25, -0.2) is 0 Å². The molecule has 0 saturated carbocycles. The van der Waals surface area contributed by atoms with Gasteiger partial charge in [-0.2, -0.15) is 0 Å². The summed E-state index contributed by atoms with van der Waals surface area (Å²) in [6, 6.07) is 8.77. The lowest BCUT2D eigenvalue weighted by Gasteiger charge is -2.27. The topological polar surface area (TPSA) is 41.7 Å². The van der Waals surface area contributed by atoms with Crippen LogP contribution in [0, 0.1) is 0 Å². The van der Waals surface area contributed by atoms with Crippen LogP contribution in [0.5, 0.6) is 5.75 Å². The highest BCUT2D eigenvalue weighted by molar-refractivity contribution is 5.35. The predicted molar refractivity (Wildman–Crippen MR) is 87.7 cm³/mol. The second-order valence-electron chi connectivity index (χ2n) is 5.77. The molecule has 1 heterocycles. The molecule has 1 aromatic carbocycles. The summed E-state index contributed by atoms with van der Waals surface area (Å²) in [5.74, 6) is 0.893. The Bertz CT molecular complexity index is 434. The van der Waals surface area contributed by atoms with Gasteiger partial charge in [0.15, 0.2) is 0 Å². The van der Waals surface area contributed by atoms with Crippen LogP contribution in [0.25, 0.3) is 0 Å². The maximum atomic E-state index is 6.40. The van der Waals surface area contributed by atoms with Crippen molar-refractivity contribution in [3.63, 3.8) is 0 Å². The van der Waals surface area contributed by atoms with Gasteiger partial charge in [0.25, 0.3) is 0 Å². The quantitative estimate of drug-likeness (QED) is 0.835. The third kappa shape index (κ3) is 3.96. The van der Waals surface area contributed by atoms with E-state index in [2.05, 4.69) is 29.7 Å². The first kappa shape index (κ1) is 16.3. The highest BCUT2D eigenvalue weighted by atomic mass is 16.5. The molecule has 0 amide bonds. The van der Waals surface area contributed by atoms with Crippen LogP contribution in [0.2, 0.25) is 0 Å². The highest BCUT2D eigenvalue weighted by Gasteiger charge is 2.27. The summed E-state index contributed by atoms with van der Waals surface area (Å²) in [4.78, 5) is 5.04. The SMILES string of the molecule is CCN(CC)C1CCN(CC(N)c2ccccc2OC)C1. The van der Waals surface area contributed by atoms with Gasteiger partial charge in [-0.15, -0.1) is 0 Å². The molecule has 4 nitrogen and oxygen atoms in total. The number of likely N-dealkylation sites (N-methyl/N-ethyl adjacent to an activating group) is 1. The van der Waals surface area contributed by atoms with Gasteiger partial charge < -0.3 is 10.5 Å². The first-order valence-corrected chi connectivity index (χ1v) is 8.04. The number of nitrogens with two attached hydrogens (primary N) is 1. The van der Waals surface area contributed by atoms with E-state index in [4.69, 9.17) is 10.5 Å². The molecule has 2 N–H and O–H groups in total. The molecule has 21 heavy (non-hydrogen) atoms. The van der Waals surface area contributed by atoms with Crippen molar-refractivity contribution in [1.29, 1.82) is 0 Å². The van der Waals surface area contributed by atoms with Crippen molar-refractivity contribution in [3.8, 4) is 5.75 Å². The Morgan fingerprint density at radius 3 is 2.71 bits per heavy atom. The van der Waals surface area contributed by atoms with Gasteiger partial charge in [-0.05, 0) is 32.1 Å². The Hall–Kier alpha value is -1.10. The van der Waals surface area contributed by atoms with Crippen LogP contribution in [-0.2, 0) is 0 Å². The van der Waals surface area contributed by atoms with Gasteiger partial charge in [-0.1, -0.05) is 32.0 Å². The van der Waals surface area contributed by atoms with Crippen molar-refractivity contribution in [2.45, 2.75) is 32.4 Å². The van der Waals surface area contributed by atoms with Gasteiger partial charge in [-0.3, -0.25) is 9.80 Å². The monoisotopic (exact) mass is 291 g/mol. The Morgan fingerprint density at radius 2 is 2.05 bits per heavy atom. The maximum Gasteiger partial charge on any atom is 0.123 e. The van der Waals surface area contributed by atoms with Crippen LogP contribution in [0.1, 0.15) is 31.9 Å². The van der Waals surface area contributed by atoms with Crippen LogP contribution in [0.15, 0.2) is 24.3 Å². The molecule has 2 atom stereocenters. The maximum absolute atomic E-state index is 6.40. The van der Waals surface area contributed by atoms with Crippen LogP contribution in [0.3, 0.4) is 0 Å². The lowest BCUT2D eigenvalue weighted by atomic mass is 10.1. The van der Waals surface area contributed by atoms with E-state index in [0.29, 0.717) is 6.04 Å². The summed E-state index contributed by atoms with van der Waals surface area (Å²) < 4.78 is 5.42. The number of methoxy groups -OCH3 is 1. The average Bonchev–Trinajstić information content (AvgIpc) is 2.96. The summed E-state index contributed by atoms with van der Waals surface area (Å²) >= 11 is 0. The first-order chi connectivity index (χ1) is 10.2. The number of hydrogen-bond donors (Lipinski definition) is 1. The molecule has 118 valence electrons. The third-order valence-corrected chi connectivity index (χ3v) is 4.57. The van der Waals surface area contributed by atoms with E-state index in [1.165, 1.54) is 6.42 Å². The van der Waals surface area contributed by atoms with Gasteiger partial charge >= 0.3 is 0 Å². The zero-order chi connectivity index (χ0) is 15.2. The van der Waals surface area contributed by atoms with Gasteiger partial charge in [0.2, 0.25) is 0 Å². The van der Waals surface area contributed by atoms with E-state index in [-0.39, 0.29) is 6.04 Å². The Labute approximate surface area is 128 Å². The average molecular weight is 291 g/mol. The molecule has 0 aromatic heterocycles. The summed E-state index contributed by atoms with van der Waals surface area (Å²) in [5.41, 5.74) is 7.51. The molecule has 2 unspecified atom stereocenters. The zero-order valence-corrected chi connectivity index (χ0v) is 13.6. The van der Waals surface area contributed by atoms with Crippen molar-refractivity contribution >= 4 is 0 Å². The molecule has 1 aromatic rings. The fourth-order valence-electron chi connectivity index (χ4n) is 3.37. The Morgan fingerprint density at radius 1 is 1.33 bits per heavy atom. The molecule has 1 aliphatic rings. The fraction of sp³-hybridized carbons (Fsp3) is 0.647. The van der Waals surface area contributed by atoms with E-state index in [0.717, 1.165) is 44.0 Å². The number of ether oxygens (including phenoxy) is 1. The molecular weight excluding hydrogens is 262 g/mol. The van der Waals surface area contributed by atoms with Crippen LogP contribution in [-0.4, -0.2) is 55.7 Å². The first-order valence-electron chi connectivity index (χ1n) is 8.04. The Balaban J connectivity index is 1.93. The summed E-state index contributed by atoms with van der Waals surface area (Å²) in [6.07, 6.45) is 1.25. The molecule has 0 aliphatic carbocycles. The number of hydrogen-bond acceptors (Lipinski definition) is 4. The van der Waals surface area contributed by atoms with E-state index in [1.54, 1.807) is 7.11 Å². The molecule has 0 bridgehead atoms. The van der Waals surface area contributed by atoms with E-state index >= 15 is 0 Å². The second-order valence-corrected chi connectivity index (χ2v) is 5.77. The van der Waals surface area contributed by atoms with Crippen LogP contribution < -0.4 is 10.5 Å². The largest absolute Gasteiger partial charge is 0.496 e. The molecule has 0 radical (unpaired) electrons. The smallest absolute Gasteiger partial charge is 0.123 e. The minimum atomic E-state index is 0.0107. The second kappa shape index (κ2) is 7.78. The molecule has 1 aliphatic heterocycles. The van der Waals surface area contributed by atoms with E-state index in [9.17, 15) is 0 Å². The highest BCUT2D eigenvalue weighted by Crippen LogP contribution is 2.25. The lowest BCUT2D eigenvalue weighted by Crippen LogP contribution is -2.38. The lowest BCUT2D eigenvalue weighted by molar-refractivity contribution is 0.208.